The molecule has 1 unspecified atom stereocenters. The lowest BCUT2D eigenvalue weighted by Gasteiger charge is -2.35. The summed E-state index contributed by atoms with van der Waals surface area (Å²) < 4.78 is 0. The van der Waals surface area contributed by atoms with Crippen LogP contribution in [0.1, 0.15) is 59.3 Å². The standard InChI is InChI=1S/C16H32N2/c1-13(2)12-18-10-8-16(9-11-18)17-14(3)15-6-4-5-7-15/h13-17H,4-12H2,1-3H3. The lowest BCUT2D eigenvalue weighted by atomic mass is 9.96. The lowest BCUT2D eigenvalue weighted by molar-refractivity contribution is 0.169. The number of hydrogen-bond acceptors (Lipinski definition) is 2. The summed E-state index contributed by atoms with van der Waals surface area (Å²) in [6.45, 7) is 10.9. The lowest BCUT2D eigenvalue weighted by Crippen LogP contribution is -2.47. The summed E-state index contributed by atoms with van der Waals surface area (Å²) in [6, 6.07) is 1.53. The van der Waals surface area contributed by atoms with Gasteiger partial charge in [0.25, 0.3) is 0 Å². The van der Waals surface area contributed by atoms with E-state index in [1.165, 1.54) is 58.2 Å². The zero-order chi connectivity index (χ0) is 13.0. The Labute approximate surface area is 114 Å². The molecule has 1 aliphatic heterocycles. The van der Waals surface area contributed by atoms with Crippen LogP contribution in [0.5, 0.6) is 0 Å². The van der Waals surface area contributed by atoms with Crippen molar-refractivity contribution >= 4 is 0 Å². The van der Waals surface area contributed by atoms with Crippen molar-refractivity contribution in [3.63, 3.8) is 0 Å². The molecule has 1 atom stereocenters. The molecule has 1 N–H and O–H groups in total. The first-order valence-corrected chi connectivity index (χ1v) is 8.13. The summed E-state index contributed by atoms with van der Waals surface area (Å²) in [5, 5.41) is 3.91. The van der Waals surface area contributed by atoms with Crippen molar-refractivity contribution in [2.24, 2.45) is 11.8 Å². The fourth-order valence-corrected chi connectivity index (χ4v) is 3.76. The average Bonchev–Trinajstić information content (AvgIpc) is 2.84. The van der Waals surface area contributed by atoms with Crippen LogP contribution < -0.4 is 5.32 Å². The fraction of sp³-hybridized carbons (Fsp3) is 1.00. The van der Waals surface area contributed by atoms with E-state index in [2.05, 4.69) is 31.0 Å². The first-order chi connectivity index (χ1) is 8.65. The van der Waals surface area contributed by atoms with Crippen LogP contribution in [0.25, 0.3) is 0 Å². The average molecular weight is 252 g/mol. The van der Waals surface area contributed by atoms with Gasteiger partial charge in [0.15, 0.2) is 0 Å². The third-order valence-electron chi connectivity index (χ3n) is 4.82. The fourth-order valence-electron chi connectivity index (χ4n) is 3.76. The van der Waals surface area contributed by atoms with E-state index in [9.17, 15) is 0 Å². The molecule has 18 heavy (non-hydrogen) atoms. The zero-order valence-corrected chi connectivity index (χ0v) is 12.6. The second-order valence-electron chi connectivity index (χ2n) is 6.97. The summed E-state index contributed by atoms with van der Waals surface area (Å²) in [5.41, 5.74) is 0. The van der Waals surface area contributed by atoms with Gasteiger partial charge in [-0.3, -0.25) is 0 Å². The summed E-state index contributed by atoms with van der Waals surface area (Å²) in [6.07, 6.45) is 8.54. The monoisotopic (exact) mass is 252 g/mol. The van der Waals surface area contributed by atoms with Crippen molar-refractivity contribution in [2.45, 2.75) is 71.4 Å². The summed E-state index contributed by atoms with van der Waals surface area (Å²) >= 11 is 0. The van der Waals surface area contributed by atoms with Crippen LogP contribution in [-0.4, -0.2) is 36.6 Å². The van der Waals surface area contributed by atoms with Crippen molar-refractivity contribution < 1.29 is 0 Å². The van der Waals surface area contributed by atoms with Crippen molar-refractivity contribution in [1.29, 1.82) is 0 Å². The Hall–Kier alpha value is -0.0800. The predicted octanol–water partition coefficient (Wildman–Crippen LogP) is 3.28. The quantitative estimate of drug-likeness (QED) is 0.808. The minimum atomic E-state index is 0.745. The molecule has 0 bridgehead atoms. The van der Waals surface area contributed by atoms with Crippen LogP contribution in [0.15, 0.2) is 0 Å². The van der Waals surface area contributed by atoms with E-state index in [4.69, 9.17) is 0 Å². The Balaban J connectivity index is 1.66. The van der Waals surface area contributed by atoms with Crippen molar-refractivity contribution in [3.8, 4) is 0 Å². The van der Waals surface area contributed by atoms with Gasteiger partial charge in [0.1, 0.15) is 0 Å². The van der Waals surface area contributed by atoms with E-state index < -0.39 is 0 Å². The van der Waals surface area contributed by atoms with Gasteiger partial charge in [-0.25, -0.2) is 0 Å². The maximum absolute atomic E-state index is 3.91. The van der Waals surface area contributed by atoms with Gasteiger partial charge < -0.3 is 10.2 Å². The molecule has 1 aliphatic carbocycles. The Kier molecular flexibility index (Phi) is 5.50. The molecule has 2 nitrogen and oxygen atoms in total. The van der Waals surface area contributed by atoms with E-state index in [-0.39, 0.29) is 0 Å². The molecule has 0 amide bonds. The highest BCUT2D eigenvalue weighted by Gasteiger charge is 2.25. The van der Waals surface area contributed by atoms with Crippen LogP contribution in [0.3, 0.4) is 0 Å². The predicted molar refractivity (Wildman–Crippen MR) is 78.9 cm³/mol. The second kappa shape index (κ2) is 6.91. The minimum absolute atomic E-state index is 0.745. The van der Waals surface area contributed by atoms with Crippen LogP contribution in [0.4, 0.5) is 0 Å². The highest BCUT2D eigenvalue weighted by Crippen LogP contribution is 2.28. The van der Waals surface area contributed by atoms with Crippen LogP contribution in [0, 0.1) is 11.8 Å². The molecule has 1 saturated carbocycles. The third kappa shape index (κ3) is 4.24. The molecule has 1 heterocycles. The molecule has 2 rings (SSSR count). The largest absolute Gasteiger partial charge is 0.311 e. The highest BCUT2D eigenvalue weighted by molar-refractivity contribution is 4.84. The first kappa shape index (κ1) is 14.3. The van der Waals surface area contributed by atoms with E-state index in [0.29, 0.717) is 0 Å². The number of hydrogen-bond donors (Lipinski definition) is 1. The Bertz CT molecular complexity index is 225. The van der Waals surface area contributed by atoms with Crippen LogP contribution in [-0.2, 0) is 0 Å². The Morgan fingerprint density at radius 1 is 1.00 bits per heavy atom. The molecule has 0 aromatic rings. The number of likely N-dealkylation sites (tertiary alicyclic amines) is 1. The number of nitrogens with one attached hydrogen (secondary N) is 1. The second-order valence-corrected chi connectivity index (χ2v) is 6.97. The number of nitrogens with zero attached hydrogens (tertiary/aromatic N) is 1. The molecule has 0 radical (unpaired) electrons. The van der Waals surface area contributed by atoms with Gasteiger partial charge in [0.2, 0.25) is 0 Å². The van der Waals surface area contributed by atoms with Crippen LogP contribution >= 0.6 is 0 Å². The maximum atomic E-state index is 3.91. The summed E-state index contributed by atoms with van der Waals surface area (Å²) in [5.74, 6) is 1.77. The molecule has 0 spiro atoms. The van der Waals surface area contributed by atoms with Crippen molar-refractivity contribution in [1.82, 2.24) is 10.2 Å². The smallest absolute Gasteiger partial charge is 0.00940 e. The van der Waals surface area contributed by atoms with Gasteiger partial charge in [-0.1, -0.05) is 26.7 Å². The first-order valence-electron chi connectivity index (χ1n) is 8.13. The van der Waals surface area contributed by atoms with Gasteiger partial charge in [-0.05, 0) is 57.5 Å². The molecule has 2 aliphatic rings. The molecule has 2 fully saturated rings. The van der Waals surface area contributed by atoms with Gasteiger partial charge >= 0.3 is 0 Å². The maximum Gasteiger partial charge on any atom is 0.00940 e. The molecule has 106 valence electrons. The molecular formula is C16H32N2. The SMILES string of the molecule is CC(C)CN1CCC(NC(C)C2CCCC2)CC1. The third-order valence-corrected chi connectivity index (χ3v) is 4.82. The van der Waals surface area contributed by atoms with E-state index in [1.807, 2.05) is 0 Å². The number of piperidine rings is 1. The molecule has 0 aromatic carbocycles. The van der Waals surface area contributed by atoms with Crippen LogP contribution in [0.2, 0.25) is 0 Å². The van der Waals surface area contributed by atoms with Gasteiger partial charge in [0, 0.05) is 18.6 Å². The molecule has 0 aromatic heterocycles. The number of rotatable bonds is 5. The normalized spacial score (nSPS) is 26.0. The van der Waals surface area contributed by atoms with Crippen molar-refractivity contribution in [2.75, 3.05) is 19.6 Å². The van der Waals surface area contributed by atoms with E-state index in [0.717, 1.165) is 23.9 Å². The highest BCUT2D eigenvalue weighted by atomic mass is 15.1. The van der Waals surface area contributed by atoms with Crippen molar-refractivity contribution in [3.05, 3.63) is 0 Å². The Morgan fingerprint density at radius 2 is 1.61 bits per heavy atom. The molecular weight excluding hydrogens is 220 g/mol. The molecule has 1 saturated heterocycles. The summed E-state index contributed by atoms with van der Waals surface area (Å²) in [4.78, 5) is 2.64. The van der Waals surface area contributed by atoms with Gasteiger partial charge in [-0.15, -0.1) is 0 Å². The van der Waals surface area contributed by atoms with E-state index >= 15 is 0 Å². The molecule has 2 heteroatoms. The van der Waals surface area contributed by atoms with E-state index in [1.54, 1.807) is 0 Å². The van der Waals surface area contributed by atoms with Gasteiger partial charge in [0.05, 0.1) is 0 Å². The van der Waals surface area contributed by atoms with Gasteiger partial charge in [-0.2, -0.15) is 0 Å². The Morgan fingerprint density at radius 3 is 2.17 bits per heavy atom. The zero-order valence-electron chi connectivity index (χ0n) is 12.6. The minimum Gasteiger partial charge on any atom is -0.311 e. The topological polar surface area (TPSA) is 15.3 Å². The summed E-state index contributed by atoms with van der Waals surface area (Å²) in [7, 11) is 0.